The van der Waals surface area contributed by atoms with Gasteiger partial charge in [0.2, 0.25) is 10.0 Å². The van der Waals surface area contributed by atoms with E-state index in [2.05, 4.69) is 4.72 Å². The van der Waals surface area contributed by atoms with Crippen molar-refractivity contribution in [2.45, 2.75) is 15.0 Å². The molecule has 0 aliphatic heterocycles. The lowest BCUT2D eigenvalue weighted by Gasteiger charge is -2.18. The number of hydrogen-bond donors (Lipinski definition) is 1. The van der Waals surface area contributed by atoms with Gasteiger partial charge >= 0.3 is 0 Å². The highest BCUT2D eigenvalue weighted by Gasteiger charge is 2.32. The zero-order valence-corrected chi connectivity index (χ0v) is 17.7. The van der Waals surface area contributed by atoms with E-state index in [1.165, 1.54) is 36.6 Å². The molecule has 3 rings (SSSR count). The number of nitrogens with one attached hydrogen (secondary N) is 1. The van der Waals surface area contributed by atoms with Gasteiger partial charge < -0.3 is 4.74 Å². The molecule has 1 heterocycles. The maximum Gasteiger partial charge on any atom is 0.244 e. The maximum atomic E-state index is 13.6. The molecule has 0 bridgehead atoms. The van der Waals surface area contributed by atoms with Crippen LogP contribution < -0.4 is 9.46 Å². The Morgan fingerprint density at radius 1 is 1.03 bits per heavy atom. The molecule has 0 aliphatic rings. The van der Waals surface area contributed by atoms with E-state index in [1.807, 2.05) is 0 Å². The molecule has 0 saturated carbocycles. The van der Waals surface area contributed by atoms with Crippen LogP contribution in [-0.2, 0) is 19.9 Å². The Kier molecular flexibility index (Phi) is 6.37. The molecule has 0 saturated heterocycles. The van der Waals surface area contributed by atoms with Crippen molar-refractivity contribution in [3.63, 3.8) is 0 Å². The van der Waals surface area contributed by atoms with Gasteiger partial charge in [-0.3, -0.25) is 0 Å². The van der Waals surface area contributed by atoms with Gasteiger partial charge in [0.15, 0.2) is 9.84 Å². The number of rotatable bonds is 8. The summed E-state index contributed by atoms with van der Waals surface area (Å²) in [7, 11) is -6.84. The first-order chi connectivity index (χ1) is 13.8. The molecule has 154 valence electrons. The molecule has 0 spiro atoms. The van der Waals surface area contributed by atoms with Crippen molar-refractivity contribution in [3.8, 4) is 5.75 Å². The molecule has 6 nitrogen and oxygen atoms in total. The fourth-order valence-electron chi connectivity index (χ4n) is 2.74. The van der Waals surface area contributed by atoms with Crippen LogP contribution in [0.15, 0.2) is 75.8 Å². The first kappa shape index (κ1) is 21.4. The van der Waals surface area contributed by atoms with Crippen LogP contribution in [-0.4, -0.2) is 30.5 Å². The van der Waals surface area contributed by atoms with Gasteiger partial charge in [-0.15, -0.1) is 11.3 Å². The average molecular weight is 456 g/mol. The minimum atomic E-state index is -4.23. The molecule has 3 aromatic rings. The van der Waals surface area contributed by atoms with E-state index in [0.717, 1.165) is 12.1 Å². The van der Waals surface area contributed by atoms with Crippen molar-refractivity contribution in [2.75, 3.05) is 13.7 Å². The quantitative estimate of drug-likeness (QED) is 0.562. The molecule has 0 aliphatic carbocycles. The molecule has 2 aromatic carbocycles. The van der Waals surface area contributed by atoms with E-state index in [-0.39, 0.29) is 10.6 Å². The molecule has 1 N–H and O–H groups in total. The smallest absolute Gasteiger partial charge is 0.244 e. The highest BCUT2D eigenvalue weighted by atomic mass is 32.2. The third kappa shape index (κ3) is 4.67. The number of benzene rings is 2. The van der Waals surface area contributed by atoms with Crippen molar-refractivity contribution in [1.29, 1.82) is 0 Å². The Hall–Kier alpha value is -2.27. The van der Waals surface area contributed by atoms with Crippen molar-refractivity contribution in [2.24, 2.45) is 0 Å². The zero-order valence-electron chi connectivity index (χ0n) is 15.3. The predicted octanol–water partition coefficient (Wildman–Crippen LogP) is 3.39. The van der Waals surface area contributed by atoms with Crippen molar-refractivity contribution >= 4 is 31.2 Å². The van der Waals surface area contributed by atoms with Gasteiger partial charge in [0.05, 0.1) is 12.0 Å². The summed E-state index contributed by atoms with van der Waals surface area (Å²) in [6, 6.07) is 14.2. The Morgan fingerprint density at radius 3 is 2.38 bits per heavy atom. The SMILES string of the molecule is COc1ccc(F)cc1S(=O)(=O)NCC(c1cccs1)S(=O)(=O)c1ccccc1. The van der Waals surface area contributed by atoms with Gasteiger partial charge in [-0.2, -0.15) is 0 Å². The first-order valence-corrected chi connectivity index (χ1v) is 12.3. The summed E-state index contributed by atoms with van der Waals surface area (Å²) in [5.74, 6) is -0.796. The Morgan fingerprint density at radius 2 is 1.76 bits per heavy atom. The molecule has 10 heteroatoms. The van der Waals surface area contributed by atoms with Crippen LogP contribution in [0.5, 0.6) is 5.75 Å². The molecule has 29 heavy (non-hydrogen) atoms. The summed E-state index contributed by atoms with van der Waals surface area (Å²) < 4.78 is 72.7. The Bertz CT molecular complexity index is 1180. The highest BCUT2D eigenvalue weighted by Crippen LogP contribution is 2.32. The van der Waals surface area contributed by atoms with Crippen LogP contribution in [0.1, 0.15) is 10.1 Å². The van der Waals surface area contributed by atoms with Crippen LogP contribution in [0, 0.1) is 5.82 Å². The fourth-order valence-corrected chi connectivity index (χ4v) is 6.87. The van der Waals surface area contributed by atoms with E-state index in [4.69, 9.17) is 4.74 Å². The van der Waals surface area contributed by atoms with Crippen LogP contribution in [0.25, 0.3) is 0 Å². The van der Waals surface area contributed by atoms with Gasteiger partial charge in [-0.05, 0) is 41.8 Å². The molecular formula is C19H18FNO5S3. The summed E-state index contributed by atoms with van der Waals surface area (Å²) in [4.78, 5) is 0.172. The summed E-state index contributed by atoms with van der Waals surface area (Å²) in [5, 5.41) is 0.576. The van der Waals surface area contributed by atoms with E-state index < -0.39 is 42.4 Å². The molecule has 1 unspecified atom stereocenters. The average Bonchev–Trinajstić information content (AvgIpc) is 3.23. The second-order valence-electron chi connectivity index (χ2n) is 6.01. The van der Waals surface area contributed by atoms with Gasteiger partial charge in [-0.1, -0.05) is 24.3 Å². The summed E-state index contributed by atoms with van der Waals surface area (Å²) in [6.07, 6.45) is 0. The van der Waals surface area contributed by atoms with Gasteiger partial charge in [-0.25, -0.2) is 25.9 Å². The van der Waals surface area contributed by atoms with Gasteiger partial charge in [0.25, 0.3) is 0 Å². The number of ether oxygens (including phenoxy) is 1. The zero-order chi connectivity index (χ0) is 21.1. The van der Waals surface area contributed by atoms with E-state index in [9.17, 15) is 21.2 Å². The summed E-state index contributed by atoms with van der Waals surface area (Å²) in [5.41, 5.74) is 0. The summed E-state index contributed by atoms with van der Waals surface area (Å²) in [6.45, 7) is -0.417. The normalized spacial score (nSPS) is 13.2. The molecular weight excluding hydrogens is 437 g/mol. The second-order valence-corrected chi connectivity index (χ2v) is 10.9. The largest absolute Gasteiger partial charge is 0.495 e. The number of hydrogen-bond acceptors (Lipinski definition) is 6. The predicted molar refractivity (Wildman–Crippen MR) is 109 cm³/mol. The molecule has 0 amide bonds. The van der Waals surface area contributed by atoms with Crippen molar-refractivity contribution in [1.82, 2.24) is 4.72 Å². The maximum absolute atomic E-state index is 13.6. The van der Waals surface area contributed by atoms with Gasteiger partial charge in [0.1, 0.15) is 21.7 Å². The second kappa shape index (κ2) is 8.62. The van der Waals surface area contributed by atoms with Crippen LogP contribution in [0.3, 0.4) is 0 Å². The number of sulfonamides is 1. The number of thiophene rings is 1. The molecule has 0 fully saturated rings. The van der Waals surface area contributed by atoms with E-state index in [1.54, 1.807) is 35.7 Å². The van der Waals surface area contributed by atoms with Crippen LogP contribution >= 0.6 is 11.3 Å². The monoisotopic (exact) mass is 455 g/mol. The number of halogens is 1. The topological polar surface area (TPSA) is 89.5 Å². The minimum absolute atomic E-state index is 0.0440. The number of methoxy groups -OCH3 is 1. The fraction of sp³-hybridized carbons (Fsp3) is 0.158. The van der Waals surface area contributed by atoms with Gasteiger partial charge in [0, 0.05) is 11.4 Å². The van der Waals surface area contributed by atoms with Crippen LogP contribution in [0.4, 0.5) is 4.39 Å². The Balaban J connectivity index is 1.96. The number of sulfone groups is 1. The van der Waals surface area contributed by atoms with Crippen molar-refractivity contribution < 1.29 is 26.0 Å². The van der Waals surface area contributed by atoms with E-state index >= 15 is 0 Å². The standard InChI is InChI=1S/C19H18FNO5S3/c1-26-16-10-9-14(20)12-18(16)29(24,25)21-13-19(17-8-5-11-27-17)28(22,23)15-6-3-2-4-7-15/h2-12,19,21H,13H2,1H3. The third-order valence-corrected chi connectivity index (χ3v) is 8.86. The molecule has 1 aromatic heterocycles. The first-order valence-electron chi connectivity index (χ1n) is 8.41. The lowest BCUT2D eigenvalue weighted by atomic mass is 10.3. The Labute approximate surface area is 172 Å². The lowest BCUT2D eigenvalue weighted by molar-refractivity contribution is 0.400. The highest BCUT2D eigenvalue weighted by molar-refractivity contribution is 7.92. The van der Waals surface area contributed by atoms with Crippen LogP contribution in [0.2, 0.25) is 0 Å². The van der Waals surface area contributed by atoms with E-state index in [0.29, 0.717) is 4.88 Å². The molecule has 1 atom stereocenters. The lowest BCUT2D eigenvalue weighted by Crippen LogP contribution is -2.32. The minimum Gasteiger partial charge on any atom is -0.495 e. The van der Waals surface area contributed by atoms with Crippen molar-refractivity contribution in [3.05, 3.63) is 76.7 Å². The molecule has 0 radical (unpaired) electrons. The summed E-state index contributed by atoms with van der Waals surface area (Å²) >= 11 is 1.21. The third-order valence-electron chi connectivity index (χ3n) is 4.18.